The van der Waals surface area contributed by atoms with Gasteiger partial charge in [-0.15, -0.1) is 11.3 Å². The Labute approximate surface area is 169 Å². The van der Waals surface area contributed by atoms with Crippen molar-refractivity contribution in [2.75, 3.05) is 13.1 Å². The minimum Gasteiger partial charge on any atom is -0.296 e. The molecule has 2 aromatic carbocycles. The van der Waals surface area contributed by atoms with Crippen molar-refractivity contribution in [3.05, 3.63) is 83.0 Å². The molecular weight excluding hydrogens is 362 g/mol. The van der Waals surface area contributed by atoms with Gasteiger partial charge in [0.1, 0.15) is 0 Å². The van der Waals surface area contributed by atoms with Crippen LogP contribution in [0.25, 0.3) is 21.5 Å². The van der Waals surface area contributed by atoms with Crippen LogP contribution in [-0.2, 0) is 12.8 Å². The predicted octanol–water partition coefficient (Wildman–Crippen LogP) is 5.52. The van der Waals surface area contributed by atoms with Gasteiger partial charge in [-0.2, -0.15) is 0 Å². The van der Waals surface area contributed by atoms with Crippen LogP contribution < -0.4 is 0 Å². The molecule has 0 N–H and O–H groups in total. The molecule has 4 heteroatoms. The van der Waals surface area contributed by atoms with Gasteiger partial charge < -0.3 is 0 Å². The van der Waals surface area contributed by atoms with Crippen LogP contribution in [0.2, 0.25) is 0 Å². The zero-order valence-electron chi connectivity index (χ0n) is 16.0. The van der Waals surface area contributed by atoms with E-state index >= 15 is 0 Å². The van der Waals surface area contributed by atoms with Crippen molar-refractivity contribution in [2.24, 2.45) is 0 Å². The molecule has 0 spiro atoms. The van der Waals surface area contributed by atoms with E-state index in [1.54, 1.807) is 11.3 Å². The summed E-state index contributed by atoms with van der Waals surface area (Å²) in [5.41, 5.74) is 9.62. The molecule has 0 unspecified atom stereocenters. The number of hydrogen-bond donors (Lipinski definition) is 0. The number of fused-ring (bicyclic) bond motifs is 2. The van der Waals surface area contributed by atoms with Gasteiger partial charge >= 0.3 is 0 Å². The Balaban J connectivity index is 1.37. The summed E-state index contributed by atoms with van der Waals surface area (Å²) in [7, 11) is 0. The minimum absolute atomic E-state index is 0.399. The second-order valence-electron chi connectivity index (χ2n) is 7.49. The molecule has 4 aromatic rings. The molecule has 3 heterocycles. The van der Waals surface area contributed by atoms with Crippen molar-refractivity contribution in [1.82, 2.24) is 14.9 Å². The molecule has 140 valence electrons. The van der Waals surface area contributed by atoms with Gasteiger partial charge in [-0.1, -0.05) is 24.3 Å². The number of rotatable bonds is 3. The molecule has 2 aromatic heterocycles. The Morgan fingerprint density at radius 1 is 0.929 bits per heavy atom. The van der Waals surface area contributed by atoms with Gasteiger partial charge in [0.2, 0.25) is 0 Å². The van der Waals surface area contributed by atoms with Gasteiger partial charge in [-0.3, -0.25) is 9.88 Å². The molecule has 1 atom stereocenters. The van der Waals surface area contributed by atoms with Crippen molar-refractivity contribution in [3.63, 3.8) is 0 Å². The molecule has 0 amide bonds. The summed E-state index contributed by atoms with van der Waals surface area (Å²) in [6.45, 7) is 4.49. The first-order valence-corrected chi connectivity index (χ1v) is 10.8. The Kier molecular flexibility index (Phi) is 4.67. The number of hydrogen-bond acceptors (Lipinski definition) is 4. The van der Waals surface area contributed by atoms with E-state index < -0.39 is 0 Å². The Bertz CT molecular complexity index is 1100. The van der Waals surface area contributed by atoms with Crippen molar-refractivity contribution in [3.8, 4) is 11.3 Å². The van der Waals surface area contributed by atoms with Crippen LogP contribution in [0.3, 0.4) is 0 Å². The van der Waals surface area contributed by atoms with E-state index in [0.717, 1.165) is 37.1 Å². The Morgan fingerprint density at radius 2 is 1.82 bits per heavy atom. The maximum atomic E-state index is 4.51. The van der Waals surface area contributed by atoms with Gasteiger partial charge in [-0.25, -0.2) is 4.98 Å². The minimum atomic E-state index is 0.399. The van der Waals surface area contributed by atoms with Gasteiger partial charge in [0, 0.05) is 30.9 Å². The number of aromatic nitrogens is 2. The lowest BCUT2D eigenvalue weighted by molar-refractivity contribution is 0.221. The summed E-state index contributed by atoms with van der Waals surface area (Å²) in [6.07, 6.45) is 4.05. The highest BCUT2D eigenvalue weighted by Gasteiger charge is 2.20. The fourth-order valence-electron chi connectivity index (χ4n) is 4.17. The molecular formula is C24H23N3S. The molecule has 3 nitrogen and oxygen atoms in total. The van der Waals surface area contributed by atoms with Gasteiger partial charge in [0.25, 0.3) is 0 Å². The molecule has 0 bridgehead atoms. The molecule has 28 heavy (non-hydrogen) atoms. The summed E-state index contributed by atoms with van der Waals surface area (Å²) in [5.74, 6) is 0. The SMILES string of the molecule is C[C@@H](c1ccc2scnc2c1)N1CCc2ccc(-c3ccccn3)cc2CC1. The largest absolute Gasteiger partial charge is 0.296 e. The lowest BCUT2D eigenvalue weighted by Gasteiger charge is -2.28. The van der Waals surface area contributed by atoms with Crippen molar-refractivity contribution in [2.45, 2.75) is 25.8 Å². The highest BCUT2D eigenvalue weighted by atomic mass is 32.1. The lowest BCUT2D eigenvalue weighted by Crippen LogP contribution is -2.29. The number of thiazole rings is 1. The zero-order valence-corrected chi connectivity index (χ0v) is 16.8. The number of pyridine rings is 1. The third-order valence-electron chi connectivity index (χ3n) is 5.89. The van der Waals surface area contributed by atoms with Crippen LogP contribution in [0.15, 0.2) is 66.3 Å². The Morgan fingerprint density at radius 3 is 2.68 bits per heavy atom. The monoisotopic (exact) mass is 385 g/mol. The molecule has 0 aliphatic carbocycles. The second-order valence-corrected chi connectivity index (χ2v) is 8.38. The fraction of sp³-hybridized carbons (Fsp3) is 0.250. The van der Waals surface area contributed by atoms with Crippen LogP contribution in [0, 0.1) is 0 Å². The summed E-state index contributed by atoms with van der Waals surface area (Å²) in [4.78, 5) is 11.6. The molecule has 1 aliphatic rings. The quantitative estimate of drug-likeness (QED) is 0.465. The van der Waals surface area contributed by atoms with E-state index in [1.165, 1.54) is 27.0 Å². The molecule has 0 fully saturated rings. The summed E-state index contributed by atoms with van der Waals surface area (Å²) in [5, 5.41) is 0. The third kappa shape index (κ3) is 3.34. The molecule has 5 rings (SSSR count). The van der Waals surface area contributed by atoms with Crippen LogP contribution in [0.5, 0.6) is 0 Å². The smallest absolute Gasteiger partial charge is 0.0815 e. The summed E-state index contributed by atoms with van der Waals surface area (Å²) >= 11 is 1.71. The molecule has 0 radical (unpaired) electrons. The first-order chi connectivity index (χ1) is 13.8. The van der Waals surface area contributed by atoms with E-state index in [1.807, 2.05) is 17.8 Å². The maximum Gasteiger partial charge on any atom is 0.0815 e. The van der Waals surface area contributed by atoms with E-state index in [9.17, 15) is 0 Å². The van der Waals surface area contributed by atoms with Crippen LogP contribution in [0.4, 0.5) is 0 Å². The normalized spacial score (nSPS) is 15.9. The van der Waals surface area contributed by atoms with Crippen molar-refractivity contribution in [1.29, 1.82) is 0 Å². The Hall–Kier alpha value is -2.56. The average Bonchev–Trinajstić information content (AvgIpc) is 3.12. The maximum absolute atomic E-state index is 4.51. The van der Waals surface area contributed by atoms with Gasteiger partial charge in [-0.05, 0) is 66.8 Å². The fourth-order valence-corrected chi connectivity index (χ4v) is 4.83. The van der Waals surface area contributed by atoms with Gasteiger partial charge in [0.15, 0.2) is 0 Å². The first-order valence-electron chi connectivity index (χ1n) is 9.88. The molecule has 0 saturated heterocycles. The van der Waals surface area contributed by atoms with Crippen LogP contribution >= 0.6 is 11.3 Å². The van der Waals surface area contributed by atoms with E-state index in [2.05, 4.69) is 70.3 Å². The first kappa shape index (κ1) is 17.5. The lowest BCUT2D eigenvalue weighted by atomic mass is 9.98. The van der Waals surface area contributed by atoms with Crippen molar-refractivity contribution < 1.29 is 0 Å². The second kappa shape index (κ2) is 7.46. The zero-order chi connectivity index (χ0) is 18.9. The third-order valence-corrected chi connectivity index (χ3v) is 6.70. The topological polar surface area (TPSA) is 29.0 Å². The average molecular weight is 386 g/mol. The van der Waals surface area contributed by atoms with E-state index in [4.69, 9.17) is 0 Å². The molecule has 0 saturated carbocycles. The molecule has 1 aliphatic heterocycles. The van der Waals surface area contributed by atoms with Crippen molar-refractivity contribution >= 4 is 21.6 Å². The van der Waals surface area contributed by atoms with E-state index in [0.29, 0.717) is 6.04 Å². The number of nitrogens with zero attached hydrogens (tertiary/aromatic N) is 3. The van der Waals surface area contributed by atoms with Crippen LogP contribution in [-0.4, -0.2) is 28.0 Å². The van der Waals surface area contributed by atoms with E-state index in [-0.39, 0.29) is 0 Å². The highest BCUT2D eigenvalue weighted by molar-refractivity contribution is 7.16. The summed E-state index contributed by atoms with van der Waals surface area (Å²) < 4.78 is 1.27. The van der Waals surface area contributed by atoms with Gasteiger partial charge in [0.05, 0.1) is 21.4 Å². The number of benzene rings is 2. The standard InChI is InChI=1S/C24H23N3S/c1-17(19-7-8-24-23(15-19)26-16-28-24)27-12-9-18-5-6-21(14-20(18)10-13-27)22-4-2-3-11-25-22/h2-8,11,14-17H,9-10,12-13H2,1H3/t17-/m0/s1. The predicted molar refractivity (Wildman–Crippen MR) is 117 cm³/mol. The van der Waals surface area contributed by atoms with Crippen LogP contribution in [0.1, 0.15) is 29.7 Å². The summed E-state index contributed by atoms with van der Waals surface area (Å²) in [6, 6.07) is 20.1. The highest BCUT2D eigenvalue weighted by Crippen LogP contribution is 2.29.